The van der Waals surface area contributed by atoms with E-state index < -0.39 is 18.6 Å². The lowest BCUT2D eigenvalue weighted by molar-refractivity contribution is -0.140. The molecule has 1 heterocycles. The minimum Gasteiger partial charge on any atom is -0.382 e. The van der Waals surface area contributed by atoms with Crippen molar-refractivity contribution >= 4 is 28.2 Å². The first-order chi connectivity index (χ1) is 9.19. The molecule has 1 amide bonds. The van der Waals surface area contributed by atoms with Crippen molar-refractivity contribution in [1.82, 2.24) is 9.88 Å². The average molecular weight is 310 g/mol. The number of hydrogen-bond acceptors (Lipinski definition) is 5. The van der Waals surface area contributed by atoms with Crippen LogP contribution in [0.3, 0.4) is 0 Å². The number of aromatic nitrogens is 1. The SMILES string of the molecule is CCN(CC(F)(F)F)C(=O)c1sc(N(C)CC)nc1N. The van der Waals surface area contributed by atoms with Crippen LogP contribution in [0, 0.1) is 0 Å². The maximum Gasteiger partial charge on any atom is 0.406 e. The summed E-state index contributed by atoms with van der Waals surface area (Å²) in [5.74, 6) is -0.772. The number of alkyl halides is 3. The van der Waals surface area contributed by atoms with E-state index in [9.17, 15) is 18.0 Å². The first-order valence-electron chi connectivity index (χ1n) is 6.03. The lowest BCUT2D eigenvalue weighted by Gasteiger charge is -2.21. The highest BCUT2D eigenvalue weighted by Crippen LogP contribution is 2.29. The number of hydrogen-bond donors (Lipinski definition) is 1. The predicted molar refractivity (Wildman–Crippen MR) is 73.1 cm³/mol. The van der Waals surface area contributed by atoms with Crippen LogP contribution in [-0.4, -0.2) is 48.6 Å². The highest BCUT2D eigenvalue weighted by atomic mass is 32.1. The summed E-state index contributed by atoms with van der Waals surface area (Å²) in [5.41, 5.74) is 5.63. The van der Waals surface area contributed by atoms with Crippen molar-refractivity contribution in [2.45, 2.75) is 20.0 Å². The van der Waals surface area contributed by atoms with Crippen LogP contribution in [0.5, 0.6) is 0 Å². The van der Waals surface area contributed by atoms with Gasteiger partial charge in [0.2, 0.25) is 0 Å². The maximum absolute atomic E-state index is 12.4. The highest BCUT2D eigenvalue weighted by Gasteiger charge is 2.34. The van der Waals surface area contributed by atoms with E-state index in [0.717, 1.165) is 11.3 Å². The fourth-order valence-corrected chi connectivity index (χ4v) is 2.44. The number of nitrogens with two attached hydrogens (primary N) is 1. The molecule has 5 nitrogen and oxygen atoms in total. The molecule has 0 saturated carbocycles. The van der Waals surface area contributed by atoms with E-state index in [1.165, 1.54) is 6.92 Å². The third kappa shape index (κ3) is 3.99. The molecule has 0 fully saturated rings. The minimum absolute atomic E-state index is 0.0316. The summed E-state index contributed by atoms with van der Waals surface area (Å²) in [6, 6.07) is 0. The number of halogens is 3. The quantitative estimate of drug-likeness (QED) is 0.905. The second-order valence-electron chi connectivity index (χ2n) is 4.16. The first-order valence-corrected chi connectivity index (χ1v) is 6.84. The Hall–Kier alpha value is -1.51. The van der Waals surface area contributed by atoms with Gasteiger partial charge in [0.05, 0.1) is 0 Å². The van der Waals surface area contributed by atoms with Crippen LogP contribution in [0.4, 0.5) is 24.1 Å². The third-order valence-corrected chi connectivity index (χ3v) is 3.85. The summed E-state index contributed by atoms with van der Waals surface area (Å²) < 4.78 is 37.2. The lowest BCUT2D eigenvalue weighted by atomic mass is 10.4. The van der Waals surface area contributed by atoms with Crippen molar-refractivity contribution in [2.24, 2.45) is 0 Å². The molecule has 0 aliphatic heterocycles. The van der Waals surface area contributed by atoms with Crippen LogP contribution < -0.4 is 10.6 Å². The topological polar surface area (TPSA) is 62.5 Å². The molecule has 114 valence electrons. The molecule has 0 unspecified atom stereocenters. The van der Waals surface area contributed by atoms with Gasteiger partial charge in [0, 0.05) is 20.1 Å². The first kappa shape index (κ1) is 16.5. The lowest BCUT2D eigenvalue weighted by Crippen LogP contribution is -2.38. The van der Waals surface area contributed by atoms with Gasteiger partial charge in [-0.25, -0.2) is 4.98 Å². The Balaban J connectivity index is 2.98. The summed E-state index contributed by atoms with van der Waals surface area (Å²) >= 11 is 1.00. The number of carbonyl (C=O) groups excluding carboxylic acids is 1. The zero-order valence-electron chi connectivity index (χ0n) is 11.5. The van der Waals surface area contributed by atoms with Gasteiger partial charge in [-0.15, -0.1) is 0 Å². The fourth-order valence-electron chi connectivity index (χ4n) is 1.46. The Kier molecular flexibility index (Phi) is 5.21. The van der Waals surface area contributed by atoms with E-state index in [1.807, 2.05) is 6.92 Å². The van der Waals surface area contributed by atoms with Crippen LogP contribution in [0.2, 0.25) is 0 Å². The molecule has 0 spiro atoms. The summed E-state index contributed by atoms with van der Waals surface area (Å²) in [6.45, 7) is 2.69. The average Bonchev–Trinajstić information content (AvgIpc) is 2.75. The Morgan fingerprint density at radius 3 is 2.40 bits per heavy atom. The number of nitrogen functional groups attached to an aromatic ring is 1. The number of anilines is 2. The van der Waals surface area contributed by atoms with Gasteiger partial charge in [0.1, 0.15) is 17.2 Å². The van der Waals surface area contributed by atoms with Crippen LogP contribution in [0.1, 0.15) is 23.5 Å². The van der Waals surface area contributed by atoms with E-state index >= 15 is 0 Å². The smallest absolute Gasteiger partial charge is 0.382 e. The van der Waals surface area contributed by atoms with E-state index in [4.69, 9.17) is 5.73 Å². The molecule has 0 saturated heterocycles. The largest absolute Gasteiger partial charge is 0.406 e. The zero-order valence-corrected chi connectivity index (χ0v) is 12.3. The van der Waals surface area contributed by atoms with Gasteiger partial charge < -0.3 is 15.5 Å². The maximum atomic E-state index is 12.4. The molecule has 20 heavy (non-hydrogen) atoms. The van der Waals surface area contributed by atoms with Crippen molar-refractivity contribution in [3.63, 3.8) is 0 Å². The predicted octanol–water partition coefficient (Wildman–Crippen LogP) is 2.21. The van der Waals surface area contributed by atoms with Crippen molar-refractivity contribution in [3.05, 3.63) is 4.88 Å². The molecular weight excluding hydrogens is 293 g/mol. The molecule has 0 bridgehead atoms. The number of nitrogens with zero attached hydrogens (tertiary/aromatic N) is 3. The highest BCUT2D eigenvalue weighted by molar-refractivity contribution is 7.18. The molecule has 9 heteroatoms. The van der Waals surface area contributed by atoms with Gasteiger partial charge in [-0.1, -0.05) is 11.3 Å². The van der Waals surface area contributed by atoms with Crippen molar-refractivity contribution < 1.29 is 18.0 Å². The fraction of sp³-hybridized carbons (Fsp3) is 0.636. The summed E-state index contributed by atoms with van der Waals surface area (Å²) in [4.78, 5) is 18.6. The summed E-state index contributed by atoms with van der Waals surface area (Å²) in [5, 5.41) is 0.511. The second kappa shape index (κ2) is 6.29. The Morgan fingerprint density at radius 2 is 1.95 bits per heavy atom. The van der Waals surface area contributed by atoms with Gasteiger partial charge in [-0.2, -0.15) is 13.2 Å². The van der Waals surface area contributed by atoms with E-state index in [2.05, 4.69) is 4.98 Å². The second-order valence-corrected chi connectivity index (χ2v) is 5.14. The van der Waals surface area contributed by atoms with Crippen LogP contribution >= 0.6 is 11.3 Å². The van der Waals surface area contributed by atoms with Gasteiger partial charge in [0.15, 0.2) is 5.13 Å². The number of carbonyl (C=O) groups is 1. The van der Waals surface area contributed by atoms with Crippen LogP contribution in [-0.2, 0) is 0 Å². The van der Waals surface area contributed by atoms with Crippen molar-refractivity contribution in [2.75, 3.05) is 37.3 Å². The van der Waals surface area contributed by atoms with Gasteiger partial charge in [-0.3, -0.25) is 4.79 Å². The molecule has 1 aromatic heterocycles. The van der Waals surface area contributed by atoms with Gasteiger partial charge in [0.25, 0.3) is 5.91 Å². The van der Waals surface area contributed by atoms with Gasteiger partial charge >= 0.3 is 6.18 Å². The molecule has 0 aromatic carbocycles. The van der Waals surface area contributed by atoms with E-state index in [0.29, 0.717) is 16.6 Å². The number of rotatable bonds is 5. The van der Waals surface area contributed by atoms with Crippen LogP contribution in [0.15, 0.2) is 0 Å². The van der Waals surface area contributed by atoms with Crippen molar-refractivity contribution in [1.29, 1.82) is 0 Å². The van der Waals surface area contributed by atoms with E-state index in [1.54, 1.807) is 11.9 Å². The Labute approximate surface area is 119 Å². The minimum atomic E-state index is -4.44. The Morgan fingerprint density at radius 1 is 1.35 bits per heavy atom. The number of thiazole rings is 1. The number of amides is 1. The van der Waals surface area contributed by atoms with Crippen LogP contribution in [0.25, 0.3) is 0 Å². The Bertz CT molecular complexity index is 475. The normalized spacial score (nSPS) is 11.5. The standard InChI is InChI=1S/C11H17F3N4OS/c1-4-17(3)10-16-8(15)7(20-10)9(19)18(5-2)6-11(12,13)14/h4-6,15H2,1-3H3. The third-order valence-electron chi connectivity index (χ3n) is 2.68. The molecule has 2 N–H and O–H groups in total. The monoisotopic (exact) mass is 310 g/mol. The molecule has 0 atom stereocenters. The van der Waals surface area contributed by atoms with Crippen molar-refractivity contribution in [3.8, 4) is 0 Å². The molecular formula is C11H17F3N4OS. The molecule has 0 aliphatic rings. The molecule has 1 rings (SSSR count). The molecule has 1 aromatic rings. The molecule has 0 radical (unpaired) electrons. The van der Waals surface area contributed by atoms with E-state index in [-0.39, 0.29) is 17.2 Å². The summed E-state index contributed by atoms with van der Waals surface area (Å²) in [7, 11) is 1.76. The van der Waals surface area contributed by atoms with Gasteiger partial charge in [-0.05, 0) is 13.8 Å². The molecule has 0 aliphatic carbocycles. The summed E-state index contributed by atoms with van der Waals surface area (Å²) in [6.07, 6.45) is -4.44. The zero-order chi connectivity index (χ0) is 15.5.